The second kappa shape index (κ2) is 24.6. The van der Waals surface area contributed by atoms with E-state index in [1.54, 1.807) is 82.6 Å². The van der Waals surface area contributed by atoms with Crippen molar-refractivity contribution in [3.8, 4) is 5.75 Å². The van der Waals surface area contributed by atoms with E-state index in [1.165, 1.54) is 0 Å². The van der Waals surface area contributed by atoms with Gasteiger partial charge in [0.2, 0.25) is 11.9 Å². The van der Waals surface area contributed by atoms with Crippen molar-refractivity contribution in [3.05, 3.63) is 101 Å². The van der Waals surface area contributed by atoms with Crippen molar-refractivity contribution >= 4 is 64.4 Å². The Balaban J connectivity index is 0.000000208. The van der Waals surface area contributed by atoms with Crippen LogP contribution in [0.15, 0.2) is 72.8 Å². The minimum absolute atomic E-state index is 0.0416. The maximum atomic E-state index is 12.9. The van der Waals surface area contributed by atoms with E-state index in [4.69, 9.17) is 31.4 Å². The molecule has 0 bridgehead atoms. The fourth-order valence-electron chi connectivity index (χ4n) is 8.67. The Bertz CT molecular complexity index is 2760. The van der Waals surface area contributed by atoms with E-state index in [9.17, 15) is 24.0 Å². The number of carbonyl (C=O) groups is 5. The molecule has 4 aliphatic heterocycles. The molecule has 2 atom stereocenters. The number of morpholine rings is 2. The van der Waals surface area contributed by atoms with Crippen LogP contribution in [0, 0.1) is 0 Å². The standard InChI is InChI=1S/C30H36N8O5.C20H26N8O3/c1-19(2)43-24-11-7-20(8-12-24)28(40)33-23-4-3-13-38(18-23)30-34-27(25(26(31)39)35-36-30)32-22-9-5-21(6-10-22)29(41)37-14-16-42-17-15-37;21-14-2-1-7-28(12-14)20-24-18(16(17(22)29)25-26-20)23-15-5-3-13(4-6-15)19(30)27-8-10-31-11-9-27/h5-12,19,23H,3-4,13-18H2,1-2H3,(H2,31,39)(H,33,40)(H,32,34,36);3-6,14H,1-2,7-12,21H2,(H2,22,29)(H,23,24,26)/t23-;14-/m11/s1. The van der Waals surface area contributed by atoms with Crippen LogP contribution < -0.4 is 47.7 Å². The van der Waals surface area contributed by atoms with Crippen molar-refractivity contribution in [2.75, 3.05) is 99.2 Å². The van der Waals surface area contributed by atoms with Crippen molar-refractivity contribution in [3.63, 3.8) is 0 Å². The van der Waals surface area contributed by atoms with E-state index in [0.29, 0.717) is 118 Å². The lowest BCUT2D eigenvalue weighted by Gasteiger charge is -2.33. The number of amides is 5. The zero-order valence-electron chi connectivity index (χ0n) is 41.4. The molecule has 6 heterocycles. The van der Waals surface area contributed by atoms with Crippen LogP contribution in [0.1, 0.15) is 91.6 Å². The topological polar surface area (TPSA) is 317 Å². The molecular weight excluding hydrogens is 953 g/mol. The number of primary amides is 2. The van der Waals surface area contributed by atoms with Gasteiger partial charge in [0.1, 0.15) is 5.75 Å². The van der Waals surface area contributed by atoms with Gasteiger partial charge in [0.05, 0.1) is 32.5 Å². The van der Waals surface area contributed by atoms with E-state index >= 15 is 0 Å². The van der Waals surface area contributed by atoms with Crippen molar-refractivity contribution in [2.45, 2.75) is 57.7 Å². The van der Waals surface area contributed by atoms with Gasteiger partial charge < -0.3 is 67.0 Å². The molecule has 390 valence electrons. The maximum absolute atomic E-state index is 12.9. The van der Waals surface area contributed by atoms with E-state index in [-0.39, 0.29) is 58.9 Å². The van der Waals surface area contributed by atoms with Gasteiger partial charge in [0.25, 0.3) is 29.5 Å². The second-order valence-electron chi connectivity index (χ2n) is 18.4. The molecule has 5 aromatic rings. The zero-order valence-corrected chi connectivity index (χ0v) is 41.4. The van der Waals surface area contributed by atoms with Crippen LogP contribution in [-0.2, 0) is 9.47 Å². The monoisotopic (exact) mass is 1010 g/mol. The van der Waals surface area contributed by atoms with E-state index < -0.39 is 11.8 Å². The number of carbonyl (C=O) groups excluding carboxylic acids is 5. The van der Waals surface area contributed by atoms with Crippen molar-refractivity contribution in [1.82, 2.24) is 45.5 Å². The Labute approximate surface area is 427 Å². The van der Waals surface area contributed by atoms with Gasteiger partial charge in [-0.05, 0) is 112 Å². The van der Waals surface area contributed by atoms with Crippen LogP contribution in [0.25, 0.3) is 0 Å². The van der Waals surface area contributed by atoms with Gasteiger partial charge in [-0.25, -0.2) is 0 Å². The molecule has 0 radical (unpaired) electrons. The zero-order chi connectivity index (χ0) is 52.1. The molecule has 0 spiro atoms. The van der Waals surface area contributed by atoms with Crippen molar-refractivity contribution < 1.29 is 38.2 Å². The third kappa shape index (κ3) is 13.7. The summed E-state index contributed by atoms with van der Waals surface area (Å²) in [6.45, 7) is 10.8. The molecule has 2 aromatic heterocycles. The summed E-state index contributed by atoms with van der Waals surface area (Å²) < 4.78 is 16.3. The van der Waals surface area contributed by atoms with Gasteiger partial charge in [-0.15, -0.1) is 20.4 Å². The molecule has 0 unspecified atom stereocenters. The number of anilines is 6. The number of ether oxygens (including phenoxy) is 3. The molecule has 4 aliphatic rings. The summed E-state index contributed by atoms with van der Waals surface area (Å²) in [4.78, 5) is 78.7. The average Bonchev–Trinajstić information content (AvgIpc) is 3.41. The summed E-state index contributed by atoms with van der Waals surface area (Å²) >= 11 is 0. The molecule has 24 nitrogen and oxygen atoms in total. The highest BCUT2D eigenvalue weighted by atomic mass is 16.5. The first-order valence-corrected chi connectivity index (χ1v) is 24.7. The molecule has 5 amide bonds. The molecule has 9 N–H and O–H groups in total. The van der Waals surface area contributed by atoms with E-state index in [1.807, 2.05) is 23.6 Å². The number of nitrogens with one attached hydrogen (secondary N) is 3. The van der Waals surface area contributed by atoms with Crippen LogP contribution in [0.3, 0.4) is 0 Å². The quantitative estimate of drug-likeness (QED) is 0.0931. The van der Waals surface area contributed by atoms with Gasteiger partial charge in [-0.2, -0.15) is 9.97 Å². The van der Waals surface area contributed by atoms with E-state index in [2.05, 4.69) is 46.3 Å². The number of nitrogens with zero attached hydrogens (tertiary/aromatic N) is 10. The largest absolute Gasteiger partial charge is 0.491 e. The van der Waals surface area contributed by atoms with Gasteiger partial charge in [0.15, 0.2) is 23.0 Å². The third-order valence-corrected chi connectivity index (χ3v) is 12.5. The molecule has 74 heavy (non-hydrogen) atoms. The second-order valence-corrected chi connectivity index (χ2v) is 18.4. The smallest absolute Gasteiger partial charge is 0.273 e. The first-order chi connectivity index (χ1) is 35.8. The average molecular weight is 1020 g/mol. The molecular formula is C50H62N16O8. The summed E-state index contributed by atoms with van der Waals surface area (Å²) in [6.07, 6.45) is 3.53. The van der Waals surface area contributed by atoms with Gasteiger partial charge in [-0.3, -0.25) is 24.0 Å². The number of rotatable bonds is 14. The van der Waals surface area contributed by atoms with Gasteiger partial charge >= 0.3 is 0 Å². The first kappa shape index (κ1) is 52.2. The molecule has 0 saturated carbocycles. The number of hydrogen-bond acceptors (Lipinski definition) is 19. The number of hydrogen-bond donors (Lipinski definition) is 6. The number of nitrogens with two attached hydrogens (primary N) is 3. The molecule has 0 aliphatic carbocycles. The number of aromatic nitrogens is 6. The molecule has 4 fully saturated rings. The summed E-state index contributed by atoms with van der Waals surface area (Å²) in [7, 11) is 0. The van der Waals surface area contributed by atoms with Gasteiger partial charge in [0, 0.05) is 92.5 Å². The Hall–Kier alpha value is -8.09. The predicted octanol–water partition coefficient (Wildman–Crippen LogP) is 2.49. The summed E-state index contributed by atoms with van der Waals surface area (Å²) in [6, 6.07) is 20.8. The van der Waals surface area contributed by atoms with Crippen LogP contribution in [0.4, 0.5) is 34.9 Å². The fraction of sp³-hybridized carbons (Fsp3) is 0.420. The minimum atomic E-state index is -0.776. The number of benzene rings is 3. The first-order valence-electron chi connectivity index (χ1n) is 24.7. The predicted molar refractivity (Wildman–Crippen MR) is 274 cm³/mol. The molecule has 3 aromatic carbocycles. The molecule has 4 saturated heterocycles. The van der Waals surface area contributed by atoms with Crippen LogP contribution in [0.2, 0.25) is 0 Å². The Morgan fingerprint density at radius 1 is 0.595 bits per heavy atom. The highest BCUT2D eigenvalue weighted by Crippen LogP contribution is 2.25. The highest BCUT2D eigenvalue weighted by molar-refractivity contribution is 5.98. The Kier molecular flexibility index (Phi) is 17.3. The van der Waals surface area contributed by atoms with Crippen molar-refractivity contribution in [1.29, 1.82) is 0 Å². The van der Waals surface area contributed by atoms with Crippen molar-refractivity contribution in [2.24, 2.45) is 17.2 Å². The summed E-state index contributed by atoms with van der Waals surface area (Å²) in [5.74, 6) is -0.0239. The lowest BCUT2D eigenvalue weighted by Crippen LogP contribution is -2.48. The van der Waals surface area contributed by atoms with Crippen LogP contribution >= 0.6 is 0 Å². The minimum Gasteiger partial charge on any atom is -0.491 e. The van der Waals surface area contributed by atoms with Crippen LogP contribution in [0.5, 0.6) is 5.75 Å². The molecule has 24 heteroatoms. The number of piperidine rings is 2. The maximum Gasteiger partial charge on any atom is 0.273 e. The summed E-state index contributed by atoms with van der Waals surface area (Å²) in [5, 5.41) is 25.5. The summed E-state index contributed by atoms with van der Waals surface area (Å²) in [5.41, 5.74) is 19.8. The van der Waals surface area contributed by atoms with E-state index in [0.717, 1.165) is 32.2 Å². The van der Waals surface area contributed by atoms with Gasteiger partial charge in [-0.1, -0.05) is 0 Å². The van der Waals surface area contributed by atoms with Crippen LogP contribution in [-0.4, -0.2) is 167 Å². The third-order valence-electron chi connectivity index (χ3n) is 12.5. The lowest BCUT2D eigenvalue weighted by atomic mass is 10.1. The fourth-order valence-corrected chi connectivity index (χ4v) is 8.67. The SMILES string of the molecule is CC(C)Oc1ccc(C(=O)N[C@@H]2CCCN(c3nnc(C(N)=O)c(Nc4ccc(C(=O)N5CCOCC5)cc4)n3)C2)cc1.NC(=O)c1nnc(N2CCC[C@@H](N)C2)nc1Nc1ccc(C(=O)N2CCOCC2)cc1. The normalized spacial score (nSPS) is 17.9. The molecule has 9 rings (SSSR count). The highest BCUT2D eigenvalue weighted by Gasteiger charge is 2.27. The lowest BCUT2D eigenvalue weighted by molar-refractivity contribution is 0.0301. The Morgan fingerprint density at radius 3 is 1.49 bits per heavy atom. The Morgan fingerprint density at radius 2 is 1.04 bits per heavy atom.